The lowest BCUT2D eigenvalue weighted by atomic mass is 9.98. The van der Waals surface area contributed by atoms with Gasteiger partial charge in [0.1, 0.15) is 22.8 Å². The smallest absolute Gasteiger partial charge is 0.340 e. The first-order valence-corrected chi connectivity index (χ1v) is 19.4. The lowest BCUT2D eigenvalue weighted by molar-refractivity contribution is 0.0699. The number of carbonyl (C=O) groups is 2. The molecule has 0 saturated carbocycles. The number of aromatic carboxylic acids is 1. The highest BCUT2D eigenvalue weighted by atomic mass is 35.5. The van der Waals surface area contributed by atoms with Crippen molar-refractivity contribution in [2.24, 2.45) is 7.05 Å². The molecule has 10 nitrogen and oxygen atoms in total. The molecule has 1 aliphatic heterocycles. The molecular weight excluding hydrogens is 747 g/mol. The topological polar surface area (TPSA) is 107 Å². The lowest BCUT2D eigenvalue weighted by Crippen LogP contribution is -2.44. The summed E-state index contributed by atoms with van der Waals surface area (Å²) in [7, 11) is 1.91. The van der Waals surface area contributed by atoms with Crippen molar-refractivity contribution in [2.75, 3.05) is 18.1 Å². The molecule has 0 bridgehead atoms. The Kier molecular flexibility index (Phi) is 9.66. The maximum Gasteiger partial charge on any atom is 0.340 e. The molecule has 56 heavy (non-hydrogen) atoms. The van der Waals surface area contributed by atoms with Crippen molar-refractivity contribution in [3.63, 3.8) is 0 Å². The summed E-state index contributed by atoms with van der Waals surface area (Å²) < 4.78 is 12.2. The van der Waals surface area contributed by atoms with Crippen LogP contribution in [0.3, 0.4) is 0 Å². The second-order valence-corrected chi connectivity index (χ2v) is 15.5. The molecule has 4 aromatic heterocycles. The highest BCUT2D eigenvalue weighted by molar-refractivity contribution is 6.35. The predicted molar refractivity (Wildman–Crippen MR) is 222 cm³/mol. The third kappa shape index (κ3) is 6.12. The van der Waals surface area contributed by atoms with E-state index in [-0.39, 0.29) is 24.1 Å². The van der Waals surface area contributed by atoms with Crippen molar-refractivity contribution >= 4 is 62.7 Å². The molecule has 7 aromatic rings. The number of para-hydroxylation sites is 1. The Morgan fingerprint density at radius 3 is 2.36 bits per heavy atom. The van der Waals surface area contributed by atoms with Crippen LogP contribution in [0.1, 0.15) is 73.9 Å². The van der Waals surface area contributed by atoms with Gasteiger partial charge in [-0.1, -0.05) is 47.5 Å². The van der Waals surface area contributed by atoms with Gasteiger partial charge in [0.15, 0.2) is 0 Å². The summed E-state index contributed by atoms with van der Waals surface area (Å²) in [6.07, 6.45) is 4.56. The molecule has 1 N–H and O–H groups in total. The first-order chi connectivity index (χ1) is 26.9. The number of halogens is 2. The SMILES string of the molecule is Cc1cc(OCCCc2c3n(c4c(-c5c(C)nn(C)c5C)c(Cl)ccc24)[C@H](C)CN(c2c(C(=O)O)c4ccccc4n2Cc2ccncc2)C3=O)cc(C)c1Cl. The summed E-state index contributed by atoms with van der Waals surface area (Å²) in [6, 6.07) is 18.7. The van der Waals surface area contributed by atoms with Gasteiger partial charge in [0.05, 0.1) is 28.4 Å². The fourth-order valence-corrected chi connectivity index (χ4v) is 8.88. The number of anilines is 1. The summed E-state index contributed by atoms with van der Waals surface area (Å²) in [5.41, 5.74) is 9.42. The third-order valence-electron chi connectivity index (χ3n) is 11.1. The van der Waals surface area contributed by atoms with E-state index >= 15 is 4.79 Å². The number of carboxylic acid groups (broad SMARTS) is 1. The van der Waals surface area contributed by atoms with Crippen molar-refractivity contribution < 1.29 is 19.4 Å². The lowest BCUT2D eigenvalue weighted by Gasteiger charge is -2.35. The largest absolute Gasteiger partial charge is 0.494 e. The van der Waals surface area contributed by atoms with Crippen molar-refractivity contribution in [1.82, 2.24) is 23.9 Å². The fourth-order valence-electron chi connectivity index (χ4n) is 8.52. The van der Waals surface area contributed by atoms with E-state index in [2.05, 4.69) is 16.5 Å². The highest BCUT2D eigenvalue weighted by Gasteiger charge is 2.40. The normalized spacial score (nSPS) is 14.2. The average molecular weight is 790 g/mol. The van der Waals surface area contributed by atoms with Crippen LogP contribution in [0.2, 0.25) is 10.0 Å². The second kappa shape index (κ2) is 14.5. The molecule has 1 amide bonds. The first kappa shape index (κ1) is 37.3. The number of amides is 1. The fraction of sp³-hybridized carbons (Fsp3) is 0.273. The Balaban J connectivity index is 1.31. The van der Waals surface area contributed by atoms with Crippen LogP contribution in [0.15, 0.2) is 73.1 Å². The van der Waals surface area contributed by atoms with Gasteiger partial charge in [-0.05, 0) is 106 Å². The van der Waals surface area contributed by atoms with Crippen LogP contribution in [-0.4, -0.2) is 54.0 Å². The molecule has 1 aliphatic rings. The molecule has 12 heteroatoms. The van der Waals surface area contributed by atoms with E-state index in [1.807, 2.05) is 105 Å². The van der Waals surface area contributed by atoms with Crippen LogP contribution >= 0.6 is 23.2 Å². The molecule has 0 aliphatic carbocycles. The van der Waals surface area contributed by atoms with Crippen LogP contribution in [0.5, 0.6) is 5.75 Å². The van der Waals surface area contributed by atoms with Crippen molar-refractivity contribution in [2.45, 2.75) is 60.0 Å². The van der Waals surface area contributed by atoms with Gasteiger partial charge in [-0.3, -0.25) is 19.4 Å². The average Bonchev–Trinajstić information content (AvgIpc) is 3.77. The number of rotatable bonds is 10. The Hall–Kier alpha value is -5.58. The molecule has 0 radical (unpaired) electrons. The van der Waals surface area contributed by atoms with E-state index in [4.69, 9.17) is 33.0 Å². The standard InChI is InChI=1S/C44H42Cl2N6O4/c1-24-20-30(21-25(2)39(24)46)56-19-9-11-31-32-13-14-34(45)38(36-27(4)48-49(6)28(36)5)40(32)52-26(3)22-51(43(53)41(31)52)42-37(44(54)55)33-10-7-8-12-35(33)50(42)23-29-15-17-47-18-16-29/h7-8,10,12-18,20-21,26H,9,11,19,22-23H2,1-6H3,(H,54,55)/t26-/m1/s1. The number of benzene rings is 3. The number of hydrogen-bond acceptors (Lipinski definition) is 5. The third-order valence-corrected chi connectivity index (χ3v) is 12.0. The molecule has 0 fully saturated rings. The monoisotopic (exact) mass is 788 g/mol. The number of aromatic nitrogens is 5. The number of ether oxygens (including phenoxy) is 1. The molecule has 0 unspecified atom stereocenters. The van der Waals surface area contributed by atoms with E-state index in [0.29, 0.717) is 47.9 Å². The van der Waals surface area contributed by atoms with Crippen LogP contribution in [0.25, 0.3) is 32.9 Å². The number of fused-ring (bicyclic) bond motifs is 4. The van der Waals surface area contributed by atoms with Crippen molar-refractivity contribution in [1.29, 1.82) is 0 Å². The number of carboxylic acids is 1. The number of aryl methyl sites for hydroxylation is 5. The molecule has 0 saturated heterocycles. The Labute approximate surface area is 334 Å². The number of pyridine rings is 1. The van der Waals surface area contributed by atoms with E-state index in [9.17, 15) is 9.90 Å². The van der Waals surface area contributed by atoms with Crippen LogP contribution in [0.4, 0.5) is 5.82 Å². The van der Waals surface area contributed by atoms with E-state index in [1.165, 1.54) is 0 Å². The minimum Gasteiger partial charge on any atom is -0.494 e. The minimum absolute atomic E-state index is 0.0913. The zero-order valence-electron chi connectivity index (χ0n) is 32.2. The zero-order valence-corrected chi connectivity index (χ0v) is 33.7. The quantitative estimate of drug-likeness (QED) is 0.138. The summed E-state index contributed by atoms with van der Waals surface area (Å²) in [5.74, 6) is -0.284. The predicted octanol–water partition coefficient (Wildman–Crippen LogP) is 9.91. The van der Waals surface area contributed by atoms with Gasteiger partial charge < -0.3 is 19.0 Å². The van der Waals surface area contributed by atoms with Crippen molar-refractivity contribution in [3.8, 4) is 16.9 Å². The molecule has 0 spiro atoms. The van der Waals surface area contributed by atoms with E-state index in [0.717, 1.165) is 72.0 Å². The van der Waals surface area contributed by atoms with Gasteiger partial charge in [-0.25, -0.2) is 4.79 Å². The van der Waals surface area contributed by atoms with Gasteiger partial charge in [0.2, 0.25) is 0 Å². The van der Waals surface area contributed by atoms with E-state index < -0.39 is 5.97 Å². The highest BCUT2D eigenvalue weighted by Crippen LogP contribution is 2.46. The number of nitrogens with zero attached hydrogens (tertiary/aromatic N) is 6. The van der Waals surface area contributed by atoms with E-state index in [1.54, 1.807) is 17.3 Å². The van der Waals surface area contributed by atoms with Crippen LogP contribution in [0, 0.1) is 27.7 Å². The van der Waals surface area contributed by atoms with Gasteiger partial charge in [-0.15, -0.1) is 0 Å². The molecule has 8 rings (SSSR count). The molecular formula is C44H42Cl2N6O4. The van der Waals surface area contributed by atoms with Crippen molar-refractivity contribution in [3.05, 3.63) is 128 Å². The molecule has 5 heterocycles. The summed E-state index contributed by atoms with van der Waals surface area (Å²) in [5, 5.41) is 18.3. The van der Waals surface area contributed by atoms with Gasteiger partial charge in [0, 0.05) is 71.2 Å². The summed E-state index contributed by atoms with van der Waals surface area (Å²) in [6.45, 7) is 11.0. The Morgan fingerprint density at radius 1 is 0.964 bits per heavy atom. The summed E-state index contributed by atoms with van der Waals surface area (Å²) >= 11 is 13.6. The summed E-state index contributed by atoms with van der Waals surface area (Å²) in [4.78, 5) is 34.5. The number of hydrogen-bond donors (Lipinski definition) is 1. The van der Waals surface area contributed by atoms with Gasteiger partial charge >= 0.3 is 5.97 Å². The molecule has 286 valence electrons. The first-order valence-electron chi connectivity index (χ1n) is 18.7. The Morgan fingerprint density at radius 2 is 1.68 bits per heavy atom. The molecule has 1 atom stereocenters. The molecule has 3 aromatic carbocycles. The van der Waals surface area contributed by atoms with Gasteiger partial charge in [0.25, 0.3) is 5.91 Å². The minimum atomic E-state index is -1.10. The maximum absolute atomic E-state index is 15.4. The second-order valence-electron chi connectivity index (χ2n) is 14.7. The van der Waals surface area contributed by atoms with Crippen LogP contribution < -0.4 is 9.64 Å². The van der Waals surface area contributed by atoms with Gasteiger partial charge in [-0.2, -0.15) is 5.10 Å². The van der Waals surface area contributed by atoms with Crippen LogP contribution in [-0.2, 0) is 20.0 Å². The maximum atomic E-state index is 15.4. The Bertz CT molecular complexity index is 2690. The zero-order chi connectivity index (χ0) is 39.6. The number of carbonyl (C=O) groups excluding carboxylic acids is 1.